The van der Waals surface area contributed by atoms with Crippen molar-refractivity contribution in [2.75, 3.05) is 0 Å². The van der Waals surface area contributed by atoms with Crippen LogP contribution in [0, 0.1) is 0 Å². The van der Waals surface area contributed by atoms with E-state index in [1.807, 2.05) is 30.3 Å². The van der Waals surface area contributed by atoms with Crippen molar-refractivity contribution in [1.29, 1.82) is 0 Å². The van der Waals surface area contributed by atoms with E-state index in [-0.39, 0.29) is 11.3 Å². The highest BCUT2D eigenvalue weighted by molar-refractivity contribution is 6.80. The van der Waals surface area contributed by atoms with Gasteiger partial charge in [-0.2, -0.15) is 0 Å². The second-order valence-corrected chi connectivity index (χ2v) is 14.0. The highest BCUT2D eigenvalue weighted by atomic mass is 28.3. The van der Waals surface area contributed by atoms with E-state index < -0.39 is 14.2 Å². The smallest absolute Gasteiger partial charge is 0.113 e. The van der Waals surface area contributed by atoms with E-state index in [1.54, 1.807) is 0 Å². The van der Waals surface area contributed by atoms with Gasteiger partial charge in [-0.15, -0.1) is 0 Å². The molecule has 0 radical (unpaired) electrons. The van der Waals surface area contributed by atoms with Gasteiger partial charge in [-0.25, -0.2) is 0 Å². The Morgan fingerprint density at radius 1 is 0.960 bits per heavy atom. The summed E-state index contributed by atoms with van der Waals surface area (Å²) < 4.78 is 6.26. The monoisotopic (exact) mass is 362 g/mol. The van der Waals surface area contributed by atoms with Gasteiger partial charge in [0.05, 0.1) is 14.2 Å². The molecule has 1 aliphatic heterocycles. The lowest BCUT2D eigenvalue weighted by molar-refractivity contribution is 0.111. The standard InChI is InChI=1S/C22H38O2Si/c1-5-6-7-8-9-10-11-15-18-20-22(24-20,25(2,3)4)21(23)19-16-13-12-14-17-19/h12-14,16-17,20-21,23H,5-11,15,18H2,1-4H3/t20-,21?,22+/m0/s1. The van der Waals surface area contributed by atoms with Gasteiger partial charge < -0.3 is 9.84 Å². The molecule has 3 heteroatoms. The maximum atomic E-state index is 11.0. The molecule has 1 N–H and O–H groups in total. The second-order valence-electron chi connectivity index (χ2n) is 8.73. The number of aliphatic hydroxyl groups is 1. The van der Waals surface area contributed by atoms with Gasteiger partial charge in [0, 0.05) is 0 Å². The van der Waals surface area contributed by atoms with Gasteiger partial charge in [0.2, 0.25) is 0 Å². The van der Waals surface area contributed by atoms with Crippen LogP contribution in [0.2, 0.25) is 19.6 Å². The molecule has 0 aromatic heterocycles. The summed E-state index contributed by atoms with van der Waals surface area (Å²) in [6.45, 7) is 9.25. The molecular weight excluding hydrogens is 324 g/mol. The Bertz CT molecular complexity index is 496. The van der Waals surface area contributed by atoms with E-state index in [0.717, 1.165) is 12.0 Å². The van der Waals surface area contributed by atoms with E-state index in [9.17, 15) is 5.11 Å². The molecule has 1 saturated heterocycles. The number of epoxide rings is 1. The predicted octanol–water partition coefficient (Wildman–Crippen LogP) is 6.27. The van der Waals surface area contributed by atoms with Crippen molar-refractivity contribution < 1.29 is 9.84 Å². The molecule has 1 heterocycles. The van der Waals surface area contributed by atoms with Crippen molar-refractivity contribution in [3.8, 4) is 0 Å². The number of unbranched alkanes of at least 4 members (excludes halogenated alkanes) is 7. The Labute approximate surface area is 156 Å². The molecular formula is C22H38O2Si. The molecule has 1 aromatic rings. The molecule has 0 aliphatic carbocycles. The summed E-state index contributed by atoms with van der Waals surface area (Å²) in [5, 5.41) is 10.8. The fraction of sp³-hybridized carbons (Fsp3) is 0.727. The predicted molar refractivity (Wildman–Crippen MR) is 110 cm³/mol. The zero-order valence-electron chi connectivity index (χ0n) is 16.8. The average molecular weight is 363 g/mol. The molecule has 2 nitrogen and oxygen atoms in total. The Hall–Kier alpha value is -0.643. The number of rotatable bonds is 12. The molecule has 142 valence electrons. The first kappa shape index (κ1) is 20.7. The van der Waals surface area contributed by atoms with Gasteiger partial charge >= 0.3 is 0 Å². The van der Waals surface area contributed by atoms with E-state index in [2.05, 4.69) is 26.6 Å². The van der Waals surface area contributed by atoms with Gasteiger partial charge in [-0.1, -0.05) is 108 Å². The minimum atomic E-state index is -1.65. The molecule has 2 rings (SSSR count). The molecule has 0 bridgehead atoms. The van der Waals surface area contributed by atoms with Crippen LogP contribution in [0.25, 0.3) is 0 Å². The Morgan fingerprint density at radius 3 is 2.08 bits per heavy atom. The molecule has 3 atom stereocenters. The Morgan fingerprint density at radius 2 is 1.52 bits per heavy atom. The van der Waals surface area contributed by atoms with Crippen molar-refractivity contribution in [1.82, 2.24) is 0 Å². The van der Waals surface area contributed by atoms with Crippen molar-refractivity contribution in [2.45, 2.75) is 102 Å². The van der Waals surface area contributed by atoms with E-state index >= 15 is 0 Å². The van der Waals surface area contributed by atoms with Crippen LogP contribution in [0.3, 0.4) is 0 Å². The number of benzene rings is 1. The minimum absolute atomic E-state index is 0.245. The minimum Gasteiger partial charge on any atom is -0.386 e. The van der Waals surface area contributed by atoms with Crippen molar-refractivity contribution in [2.24, 2.45) is 0 Å². The van der Waals surface area contributed by atoms with Crippen molar-refractivity contribution in [3.63, 3.8) is 0 Å². The fourth-order valence-corrected chi connectivity index (χ4v) is 6.72. The topological polar surface area (TPSA) is 32.8 Å². The number of ether oxygens (including phenoxy) is 1. The molecule has 1 unspecified atom stereocenters. The second kappa shape index (κ2) is 9.34. The first-order chi connectivity index (χ1) is 11.9. The van der Waals surface area contributed by atoms with Crippen LogP contribution in [0.4, 0.5) is 0 Å². The molecule has 0 amide bonds. The number of aliphatic hydroxyl groups excluding tert-OH is 1. The zero-order valence-corrected chi connectivity index (χ0v) is 17.8. The number of hydrogen-bond acceptors (Lipinski definition) is 2. The van der Waals surface area contributed by atoms with E-state index in [1.165, 1.54) is 51.4 Å². The van der Waals surface area contributed by atoms with Gasteiger partial charge in [0.25, 0.3) is 0 Å². The van der Waals surface area contributed by atoms with Gasteiger partial charge in [-0.3, -0.25) is 0 Å². The SMILES string of the molecule is CCCCCCCCCC[C@@H]1O[C@@]1(C(O)c1ccccc1)[Si](C)(C)C. The van der Waals surface area contributed by atoms with Crippen LogP contribution in [-0.2, 0) is 4.74 Å². The van der Waals surface area contributed by atoms with Gasteiger partial charge in [-0.05, 0) is 12.0 Å². The lowest BCUT2D eigenvalue weighted by Gasteiger charge is -2.31. The van der Waals surface area contributed by atoms with Crippen LogP contribution in [0.15, 0.2) is 30.3 Å². The summed E-state index contributed by atoms with van der Waals surface area (Å²) in [4.78, 5) is 0. The largest absolute Gasteiger partial charge is 0.386 e. The molecule has 1 aromatic carbocycles. The molecule has 0 spiro atoms. The third-order valence-electron chi connectivity index (χ3n) is 5.77. The summed E-state index contributed by atoms with van der Waals surface area (Å²) in [6, 6.07) is 10.1. The van der Waals surface area contributed by atoms with Gasteiger partial charge in [0.1, 0.15) is 11.3 Å². The molecule has 1 fully saturated rings. The summed E-state index contributed by atoms with van der Waals surface area (Å²) in [6.07, 6.45) is 11.6. The summed E-state index contributed by atoms with van der Waals surface area (Å²) in [7, 11) is -1.65. The Balaban J connectivity index is 1.80. The van der Waals surface area contributed by atoms with E-state index in [0.29, 0.717) is 0 Å². The maximum Gasteiger partial charge on any atom is 0.113 e. The van der Waals surface area contributed by atoms with Crippen LogP contribution < -0.4 is 0 Å². The quantitative estimate of drug-likeness (QED) is 0.270. The first-order valence-corrected chi connectivity index (χ1v) is 13.8. The highest BCUT2D eigenvalue weighted by Gasteiger charge is 2.67. The van der Waals surface area contributed by atoms with Crippen molar-refractivity contribution in [3.05, 3.63) is 35.9 Å². The first-order valence-electron chi connectivity index (χ1n) is 10.3. The zero-order chi connectivity index (χ0) is 18.3. The molecule has 25 heavy (non-hydrogen) atoms. The van der Waals surface area contributed by atoms with Crippen LogP contribution >= 0.6 is 0 Å². The third kappa shape index (κ3) is 5.18. The number of hydrogen-bond donors (Lipinski definition) is 1. The normalized spacial score (nSPS) is 24.3. The van der Waals surface area contributed by atoms with Gasteiger partial charge in [0.15, 0.2) is 0 Å². The maximum absolute atomic E-state index is 11.0. The van der Waals surface area contributed by atoms with Crippen LogP contribution in [0.5, 0.6) is 0 Å². The average Bonchev–Trinajstić information content (AvgIpc) is 3.33. The third-order valence-corrected chi connectivity index (χ3v) is 8.83. The summed E-state index contributed by atoms with van der Waals surface area (Å²) in [5.41, 5.74) is 1.00. The molecule has 0 saturated carbocycles. The van der Waals surface area contributed by atoms with Crippen LogP contribution in [0.1, 0.15) is 76.4 Å². The highest BCUT2D eigenvalue weighted by Crippen LogP contribution is 2.54. The summed E-state index contributed by atoms with van der Waals surface area (Å²) in [5.74, 6) is 0. The lowest BCUT2D eigenvalue weighted by atomic mass is 10.0. The lowest BCUT2D eigenvalue weighted by Crippen LogP contribution is -2.48. The Kier molecular flexibility index (Phi) is 7.72. The van der Waals surface area contributed by atoms with Crippen LogP contribution in [-0.4, -0.2) is 24.5 Å². The fourth-order valence-electron chi connectivity index (χ4n) is 4.13. The van der Waals surface area contributed by atoms with Crippen molar-refractivity contribution >= 4 is 8.07 Å². The van der Waals surface area contributed by atoms with E-state index in [4.69, 9.17) is 4.74 Å². The molecule has 1 aliphatic rings. The summed E-state index contributed by atoms with van der Waals surface area (Å²) >= 11 is 0.